The molecule has 110 valence electrons. The maximum absolute atomic E-state index is 11.7. The molecule has 4 heteroatoms. The van der Waals surface area contributed by atoms with Crippen LogP contribution >= 0.6 is 11.8 Å². The predicted molar refractivity (Wildman–Crippen MR) is 91.8 cm³/mol. The van der Waals surface area contributed by atoms with Crippen LogP contribution in [0.25, 0.3) is 17.1 Å². The summed E-state index contributed by atoms with van der Waals surface area (Å²) >= 11 is 1.69. The van der Waals surface area contributed by atoms with Crippen LogP contribution < -0.4 is 5.56 Å². The van der Waals surface area contributed by atoms with Crippen molar-refractivity contribution in [2.75, 3.05) is 6.26 Å². The molecule has 0 amide bonds. The Hall–Kier alpha value is -2.33. The molecule has 0 radical (unpaired) electrons. The van der Waals surface area contributed by atoms with E-state index in [0.29, 0.717) is 5.82 Å². The molecule has 3 rings (SSSR count). The van der Waals surface area contributed by atoms with Gasteiger partial charge in [-0.1, -0.05) is 29.8 Å². The molecule has 0 atom stereocenters. The molecule has 0 spiro atoms. The molecule has 0 saturated carbocycles. The minimum Gasteiger partial charge on any atom is -0.301 e. The van der Waals surface area contributed by atoms with E-state index >= 15 is 0 Å². The van der Waals surface area contributed by atoms with Crippen LogP contribution in [0.1, 0.15) is 5.56 Å². The number of hydrogen-bond donors (Lipinski definition) is 0. The van der Waals surface area contributed by atoms with Crippen LogP contribution in [0, 0.1) is 6.92 Å². The highest BCUT2D eigenvalue weighted by Gasteiger charge is 2.08. The first-order valence-corrected chi connectivity index (χ1v) is 8.21. The number of hydrogen-bond acceptors (Lipinski definition) is 3. The summed E-state index contributed by atoms with van der Waals surface area (Å²) in [4.78, 5) is 17.1. The second-order valence-electron chi connectivity index (χ2n) is 5.02. The van der Waals surface area contributed by atoms with Gasteiger partial charge in [-0.3, -0.25) is 4.79 Å². The molecule has 0 N–H and O–H groups in total. The fraction of sp³-hybridized carbons (Fsp3) is 0.111. The lowest BCUT2D eigenvalue weighted by Gasteiger charge is -2.12. The fourth-order valence-corrected chi connectivity index (χ4v) is 2.67. The normalized spacial score (nSPS) is 10.6. The van der Waals surface area contributed by atoms with Crippen LogP contribution in [-0.2, 0) is 0 Å². The van der Waals surface area contributed by atoms with Gasteiger partial charge in [0.2, 0.25) is 0 Å². The Morgan fingerprint density at radius 2 is 1.64 bits per heavy atom. The van der Waals surface area contributed by atoms with E-state index in [1.54, 1.807) is 18.0 Å². The molecule has 2 aromatic carbocycles. The van der Waals surface area contributed by atoms with Crippen molar-refractivity contribution in [3.63, 3.8) is 0 Å². The molecular formula is C18H16N2OS. The zero-order chi connectivity index (χ0) is 15.5. The smallest absolute Gasteiger partial charge is 0.273 e. The van der Waals surface area contributed by atoms with Crippen molar-refractivity contribution in [2.45, 2.75) is 11.8 Å². The van der Waals surface area contributed by atoms with Crippen molar-refractivity contribution in [2.24, 2.45) is 0 Å². The number of benzene rings is 2. The first kappa shape index (κ1) is 14.6. The van der Waals surface area contributed by atoms with Crippen molar-refractivity contribution in [3.8, 4) is 17.1 Å². The van der Waals surface area contributed by atoms with Crippen molar-refractivity contribution < 1.29 is 0 Å². The lowest BCUT2D eigenvalue weighted by molar-refractivity contribution is 0.975. The van der Waals surface area contributed by atoms with Crippen molar-refractivity contribution in [1.82, 2.24) is 9.55 Å². The average molecular weight is 308 g/mol. The molecule has 1 aromatic heterocycles. The molecule has 0 aliphatic carbocycles. The summed E-state index contributed by atoms with van der Waals surface area (Å²) in [6, 6.07) is 17.7. The van der Waals surface area contributed by atoms with Gasteiger partial charge in [0.25, 0.3) is 5.56 Å². The number of aromatic nitrogens is 2. The van der Waals surface area contributed by atoms with Gasteiger partial charge in [-0.15, -0.1) is 11.8 Å². The summed E-state index contributed by atoms with van der Waals surface area (Å²) in [5.41, 5.74) is 2.88. The first-order valence-electron chi connectivity index (χ1n) is 6.98. The van der Waals surface area contributed by atoms with E-state index in [-0.39, 0.29) is 5.56 Å². The Morgan fingerprint density at radius 3 is 2.27 bits per heavy atom. The molecular weight excluding hydrogens is 292 g/mol. The standard InChI is InChI=1S/C18H16N2OS/c1-13-3-7-15(8-4-13)20-12-11-17(21)19-18(20)14-5-9-16(22-2)10-6-14/h3-12H,1-2H3. The van der Waals surface area contributed by atoms with Gasteiger partial charge in [0.05, 0.1) is 0 Å². The van der Waals surface area contributed by atoms with Gasteiger partial charge in [0.15, 0.2) is 0 Å². The van der Waals surface area contributed by atoms with Crippen LogP contribution in [0.4, 0.5) is 0 Å². The summed E-state index contributed by atoms with van der Waals surface area (Å²) in [6.45, 7) is 2.05. The van der Waals surface area contributed by atoms with E-state index in [9.17, 15) is 4.79 Å². The Labute approximate surface area is 133 Å². The molecule has 3 nitrogen and oxygen atoms in total. The molecule has 0 aliphatic heterocycles. The monoisotopic (exact) mass is 308 g/mol. The van der Waals surface area contributed by atoms with Crippen LogP contribution in [-0.4, -0.2) is 15.8 Å². The molecule has 22 heavy (non-hydrogen) atoms. The second-order valence-corrected chi connectivity index (χ2v) is 5.90. The summed E-state index contributed by atoms with van der Waals surface area (Å²) in [7, 11) is 0. The summed E-state index contributed by atoms with van der Waals surface area (Å²) in [5.74, 6) is 0.656. The van der Waals surface area contributed by atoms with Crippen molar-refractivity contribution in [3.05, 3.63) is 76.7 Å². The molecule has 0 saturated heterocycles. The lowest BCUT2D eigenvalue weighted by Crippen LogP contribution is -2.12. The van der Waals surface area contributed by atoms with E-state index in [4.69, 9.17) is 0 Å². The largest absolute Gasteiger partial charge is 0.301 e. The van der Waals surface area contributed by atoms with Gasteiger partial charge >= 0.3 is 0 Å². The van der Waals surface area contributed by atoms with Gasteiger partial charge in [0, 0.05) is 28.4 Å². The van der Waals surface area contributed by atoms with Crippen LogP contribution in [0.3, 0.4) is 0 Å². The molecule has 0 unspecified atom stereocenters. The van der Waals surface area contributed by atoms with Crippen molar-refractivity contribution in [1.29, 1.82) is 0 Å². The van der Waals surface area contributed by atoms with Gasteiger partial charge < -0.3 is 4.57 Å². The third-order valence-corrected chi connectivity index (χ3v) is 4.21. The van der Waals surface area contributed by atoms with E-state index in [1.807, 2.05) is 59.4 Å². The third kappa shape index (κ3) is 2.97. The van der Waals surface area contributed by atoms with E-state index in [2.05, 4.69) is 11.9 Å². The minimum absolute atomic E-state index is 0.229. The summed E-state index contributed by atoms with van der Waals surface area (Å²) < 4.78 is 1.94. The van der Waals surface area contributed by atoms with Gasteiger partial charge in [-0.05, 0) is 37.4 Å². The minimum atomic E-state index is -0.229. The Morgan fingerprint density at radius 1 is 0.955 bits per heavy atom. The van der Waals surface area contributed by atoms with Gasteiger partial charge in [-0.25, -0.2) is 0 Å². The number of aryl methyl sites for hydroxylation is 1. The topological polar surface area (TPSA) is 34.9 Å². The SMILES string of the molecule is CSc1ccc(-c2nc(=O)ccn2-c2ccc(C)cc2)cc1. The predicted octanol–water partition coefficient (Wildman–Crippen LogP) is 3.93. The lowest BCUT2D eigenvalue weighted by atomic mass is 10.2. The maximum atomic E-state index is 11.7. The second kappa shape index (κ2) is 6.20. The highest BCUT2D eigenvalue weighted by molar-refractivity contribution is 7.98. The van der Waals surface area contributed by atoms with Gasteiger partial charge in [-0.2, -0.15) is 4.98 Å². The summed E-state index contributed by atoms with van der Waals surface area (Å²) in [6.07, 6.45) is 3.82. The Balaban J connectivity index is 2.15. The van der Waals surface area contributed by atoms with Gasteiger partial charge in [0.1, 0.15) is 5.82 Å². The Kier molecular flexibility index (Phi) is 4.11. The van der Waals surface area contributed by atoms with Crippen LogP contribution in [0.2, 0.25) is 0 Å². The zero-order valence-electron chi connectivity index (χ0n) is 12.5. The number of thioether (sulfide) groups is 1. The number of nitrogens with zero attached hydrogens (tertiary/aromatic N) is 2. The molecule has 0 fully saturated rings. The molecule has 1 heterocycles. The number of rotatable bonds is 3. The average Bonchev–Trinajstić information content (AvgIpc) is 2.56. The zero-order valence-corrected chi connectivity index (χ0v) is 13.3. The Bertz CT molecular complexity index is 836. The molecule has 3 aromatic rings. The fourth-order valence-electron chi connectivity index (χ4n) is 2.26. The van der Waals surface area contributed by atoms with E-state index < -0.39 is 0 Å². The van der Waals surface area contributed by atoms with Crippen LogP contribution in [0.15, 0.2) is 70.5 Å². The highest BCUT2D eigenvalue weighted by Crippen LogP contribution is 2.23. The van der Waals surface area contributed by atoms with Crippen LogP contribution in [0.5, 0.6) is 0 Å². The maximum Gasteiger partial charge on any atom is 0.273 e. The first-order chi connectivity index (χ1) is 10.7. The van der Waals surface area contributed by atoms with E-state index in [0.717, 1.165) is 11.3 Å². The quantitative estimate of drug-likeness (QED) is 0.688. The van der Waals surface area contributed by atoms with Crippen molar-refractivity contribution >= 4 is 11.8 Å². The molecule has 0 aliphatic rings. The highest BCUT2D eigenvalue weighted by atomic mass is 32.2. The third-order valence-electron chi connectivity index (χ3n) is 3.47. The van der Waals surface area contributed by atoms with E-state index in [1.165, 1.54) is 16.5 Å². The molecule has 0 bridgehead atoms. The summed E-state index contributed by atoms with van der Waals surface area (Å²) in [5, 5.41) is 0.